The highest BCUT2D eigenvalue weighted by atomic mass is 35.5. The molecule has 1 amide bonds. The summed E-state index contributed by atoms with van der Waals surface area (Å²) < 4.78 is 1.19. The van der Waals surface area contributed by atoms with E-state index in [9.17, 15) is 9.59 Å². The van der Waals surface area contributed by atoms with Crippen molar-refractivity contribution in [2.45, 2.75) is 39.4 Å². The number of rotatable bonds is 6. The number of nitrogens with one attached hydrogen (secondary N) is 2. The molecule has 1 rings (SSSR count). The lowest BCUT2D eigenvalue weighted by molar-refractivity contribution is -0.122. The van der Waals surface area contributed by atoms with Gasteiger partial charge in [-0.15, -0.1) is 6.58 Å². The highest BCUT2D eigenvalue weighted by molar-refractivity contribution is 6.33. The first kappa shape index (κ1) is 16.2. The van der Waals surface area contributed by atoms with Crippen LogP contribution in [-0.4, -0.2) is 27.8 Å². The maximum atomic E-state index is 11.9. The van der Waals surface area contributed by atoms with Gasteiger partial charge in [0, 0.05) is 6.04 Å². The predicted octanol–water partition coefficient (Wildman–Crippen LogP) is 1.41. The Morgan fingerprint density at radius 3 is 2.75 bits per heavy atom. The molecule has 0 aliphatic rings. The smallest absolute Gasteiger partial charge is 0.287 e. The fourth-order valence-electron chi connectivity index (χ4n) is 1.53. The van der Waals surface area contributed by atoms with Gasteiger partial charge in [-0.2, -0.15) is 5.10 Å². The van der Waals surface area contributed by atoms with E-state index in [0.717, 1.165) is 0 Å². The highest BCUT2D eigenvalue weighted by Crippen LogP contribution is 2.16. The molecular weight excluding hydrogens is 280 g/mol. The topological polar surface area (TPSA) is 76.0 Å². The molecule has 1 aromatic heterocycles. The lowest BCUT2D eigenvalue weighted by Crippen LogP contribution is -2.41. The number of halogens is 1. The van der Waals surface area contributed by atoms with Crippen molar-refractivity contribution in [3.63, 3.8) is 0 Å². The number of hydrogen-bond donors (Lipinski definition) is 2. The third-order valence-corrected chi connectivity index (χ3v) is 2.85. The Bertz CT molecular complexity index is 554. The number of anilines is 1. The molecule has 2 N–H and O–H groups in total. The van der Waals surface area contributed by atoms with Gasteiger partial charge in [-0.1, -0.05) is 17.7 Å². The summed E-state index contributed by atoms with van der Waals surface area (Å²) in [4.78, 5) is 23.7. The van der Waals surface area contributed by atoms with Crippen molar-refractivity contribution in [1.29, 1.82) is 0 Å². The number of hydrogen-bond acceptors (Lipinski definition) is 4. The SMILES string of the molecule is C=CCn1ncc(NC(C)C(=O)NC(C)C)c(Cl)c1=O. The van der Waals surface area contributed by atoms with E-state index in [0.29, 0.717) is 5.69 Å². The van der Waals surface area contributed by atoms with Crippen molar-refractivity contribution >= 4 is 23.2 Å². The molecule has 0 spiro atoms. The van der Waals surface area contributed by atoms with Crippen LogP contribution in [0.2, 0.25) is 5.02 Å². The Balaban J connectivity index is 2.88. The summed E-state index contributed by atoms with van der Waals surface area (Å²) in [7, 11) is 0. The number of nitrogens with zero attached hydrogens (tertiary/aromatic N) is 2. The Hall–Kier alpha value is -1.82. The second kappa shape index (κ2) is 7.09. The van der Waals surface area contributed by atoms with E-state index in [1.54, 1.807) is 13.0 Å². The standard InChI is InChI=1S/C13H19ClN4O2/c1-5-6-18-13(20)11(14)10(7-15-18)17-9(4)12(19)16-8(2)3/h5,7-9,17H,1,6H2,2-4H3,(H,16,19). The molecule has 1 aromatic rings. The largest absolute Gasteiger partial charge is 0.371 e. The van der Waals surface area contributed by atoms with Crippen molar-refractivity contribution < 1.29 is 4.79 Å². The lowest BCUT2D eigenvalue weighted by Gasteiger charge is -2.17. The summed E-state index contributed by atoms with van der Waals surface area (Å²) in [6, 6.07) is -0.479. The fraction of sp³-hybridized carbons (Fsp3) is 0.462. The highest BCUT2D eigenvalue weighted by Gasteiger charge is 2.16. The van der Waals surface area contributed by atoms with E-state index < -0.39 is 11.6 Å². The van der Waals surface area contributed by atoms with Gasteiger partial charge in [0.25, 0.3) is 5.56 Å². The summed E-state index contributed by atoms with van der Waals surface area (Å²) >= 11 is 5.99. The zero-order valence-electron chi connectivity index (χ0n) is 11.8. The van der Waals surface area contributed by atoms with Crippen molar-refractivity contribution in [2.24, 2.45) is 0 Å². The average molecular weight is 299 g/mol. The van der Waals surface area contributed by atoms with E-state index >= 15 is 0 Å². The molecule has 7 heteroatoms. The maximum absolute atomic E-state index is 11.9. The minimum atomic E-state index is -0.522. The van der Waals surface area contributed by atoms with Crippen LogP contribution in [0.15, 0.2) is 23.6 Å². The first-order chi connectivity index (χ1) is 9.36. The second-order valence-corrected chi connectivity index (χ2v) is 5.06. The van der Waals surface area contributed by atoms with Gasteiger partial charge in [0.05, 0.1) is 18.4 Å². The average Bonchev–Trinajstić information content (AvgIpc) is 2.37. The zero-order chi connectivity index (χ0) is 15.3. The molecule has 0 bridgehead atoms. The Morgan fingerprint density at radius 1 is 1.55 bits per heavy atom. The third kappa shape index (κ3) is 4.09. The zero-order valence-corrected chi connectivity index (χ0v) is 12.6. The molecule has 0 aliphatic carbocycles. The number of carbonyl (C=O) groups is 1. The molecule has 1 unspecified atom stereocenters. The Morgan fingerprint density at radius 2 is 2.20 bits per heavy atom. The van der Waals surface area contributed by atoms with Crippen LogP contribution in [-0.2, 0) is 11.3 Å². The quantitative estimate of drug-likeness (QED) is 0.779. The van der Waals surface area contributed by atoms with E-state index in [-0.39, 0.29) is 23.5 Å². The van der Waals surface area contributed by atoms with Gasteiger partial charge >= 0.3 is 0 Å². The fourth-order valence-corrected chi connectivity index (χ4v) is 1.73. The monoisotopic (exact) mass is 298 g/mol. The van der Waals surface area contributed by atoms with Crippen molar-refractivity contribution in [2.75, 3.05) is 5.32 Å². The van der Waals surface area contributed by atoms with Crippen LogP contribution in [0, 0.1) is 0 Å². The first-order valence-electron chi connectivity index (χ1n) is 6.30. The summed E-state index contributed by atoms with van der Waals surface area (Å²) in [6.07, 6.45) is 2.98. The van der Waals surface area contributed by atoms with Gasteiger partial charge in [0.15, 0.2) is 0 Å². The lowest BCUT2D eigenvalue weighted by atomic mass is 10.2. The minimum Gasteiger partial charge on any atom is -0.371 e. The van der Waals surface area contributed by atoms with Crippen LogP contribution in [0.3, 0.4) is 0 Å². The van der Waals surface area contributed by atoms with Crippen LogP contribution in [0.1, 0.15) is 20.8 Å². The molecule has 20 heavy (non-hydrogen) atoms. The summed E-state index contributed by atoms with van der Waals surface area (Å²) in [5, 5.41) is 9.61. The van der Waals surface area contributed by atoms with Crippen LogP contribution >= 0.6 is 11.6 Å². The van der Waals surface area contributed by atoms with Gasteiger partial charge in [0.2, 0.25) is 5.91 Å². The molecule has 0 saturated carbocycles. The summed E-state index contributed by atoms with van der Waals surface area (Å²) in [5.74, 6) is -0.175. The van der Waals surface area contributed by atoms with E-state index in [1.165, 1.54) is 10.9 Å². The molecule has 0 radical (unpaired) electrons. The molecule has 0 aliphatic heterocycles. The Kier molecular flexibility index (Phi) is 5.76. The van der Waals surface area contributed by atoms with Crippen molar-refractivity contribution in [1.82, 2.24) is 15.1 Å². The van der Waals surface area contributed by atoms with E-state index in [2.05, 4.69) is 22.3 Å². The summed E-state index contributed by atoms with van der Waals surface area (Å²) in [5.41, 5.74) is -0.0866. The number of carbonyl (C=O) groups excluding carboxylic acids is 1. The van der Waals surface area contributed by atoms with Gasteiger partial charge < -0.3 is 10.6 Å². The minimum absolute atomic E-state index is 0.00560. The molecule has 0 aromatic carbocycles. The molecule has 1 atom stereocenters. The van der Waals surface area contributed by atoms with Gasteiger partial charge in [-0.05, 0) is 20.8 Å². The number of aromatic nitrogens is 2. The normalized spacial score (nSPS) is 12.1. The van der Waals surface area contributed by atoms with Crippen molar-refractivity contribution in [3.8, 4) is 0 Å². The van der Waals surface area contributed by atoms with Gasteiger partial charge in [-0.25, -0.2) is 4.68 Å². The predicted molar refractivity (Wildman–Crippen MR) is 80.1 cm³/mol. The second-order valence-electron chi connectivity index (χ2n) is 4.68. The molecule has 6 nitrogen and oxygen atoms in total. The maximum Gasteiger partial charge on any atom is 0.287 e. The molecular formula is C13H19ClN4O2. The number of allylic oxidation sites excluding steroid dienone is 1. The van der Waals surface area contributed by atoms with E-state index in [4.69, 9.17) is 11.6 Å². The first-order valence-corrected chi connectivity index (χ1v) is 6.68. The van der Waals surface area contributed by atoms with Crippen LogP contribution in [0.25, 0.3) is 0 Å². The van der Waals surface area contributed by atoms with Crippen LogP contribution in [0.5, 0.6) is 0 Å². The molecule has 1 heterocycles. The number of amides is 1. The van der Waals surface area contributed by atoms with Crippen molar-refractivity contribution in [3.05, 3.63) is 34.2 Å². The van der Waals surface area contributed by atoms with Gasteiger partial charge in [-0.3, -0.25) is 9.59 Å². The van der Waals surface area contributed by atoms with Crippen LogP contribution in [0.4, 0.5) is 5.69 Å². The van der Waals surface area contributed by atoms with Gasteiger partial charge in [0.1, 0.15) is 11.1 Å². The van der Waals surface area contributed by atoms with Crippen LogP contribution < -0.4 is 16.2 Å². The molecule has 0 saturated heterocycles. The third-order valence-electron chi connectivity index (χ3n) is 2.48. The van der Waals surface area contributed by atoms with E-state index in [1.807, 2.05) is 13.8 Å². The Labute approximate surface area is 122 Å². The molecule has 110 valence electrons. The summed E-state index contributed by atoms with van der Waals surface area (Å²) in [6.45, 7) is 9.24. The molecule has 0 fully saturated rings.